The predicted molar refractivity (Wildman–Crippen MR) is 69.9 cm³/mol. The second-order valence-corrected chi connectivity index (χ2v) is 7.02. The van der Waals surface area contributed by atoms with E-state index in [1.54, 1.807) is 22.7 Å². The number of aliphatic hydroxyl groups is 1. The molecular weight excluding hydrogens is 292 g/mol. The van der Waals surface area contributed by atoms with E-state index < -0.39 is 6.10 Å². The first kappa shape index (κ1) is 11.3. The molecule has 80 valence electrons. The van der Waals surface area contributed by atoms with E-state index in [0.29, 0.717) is 0 Å². The highest BCUT2D eigenvalue weighted by Gasteiger charge is 2.18. The van der Waals surface area contributed by atoms with Crippen molar-refractivity contribution in [2.45, 2.75) is 20.0 Å². The quantitative estimate of drug-likeness (QED) is 0.878. The van der Waals surface area contributed by atoms with Crippen molar-refractivity contribution >= 4 is 38.6 Å². The molecule has 1 nitrogen and oxygen atoms in total. The molecule has 15 heavy (non-hydrogen) atoms. The van der Waals surface area contributed by atoms with Crippen LogP contribution in [0, 0.1) is 13.8 Å². The SMILES string of the molecule is Cc1ccsc1C(O)c1cc(Br)sc1C. The summed E-state index contributed by atoms with van der Waals surface area (Å²) in [7, 11) is 0. The molecule has 2 rings (SSSR count). The summed E-state index contributed by atoms with van der Waals surface area (Å²) < 4.78 is 1.07. The van der Waals surface area contributed by atoms with Crippen molar-refractivity contribution in [3.8, 4) is 0 Å². The number of aryl methyl sites for hydroxylation is 2. The Bertz CT molecular complexity index is 473. The molecule has 0 aliphatic carbocycles. The largest absolute Gasteiger partial charge is 0.383 e. The van der Waals surface area contributed by atoms with Gasteiger partial charge in [0.05, 0.1) is 3.79 Å². The molecule has 0 fully saturated rings. The molecule has 0 aromatic carbocycles. The molecule has 1 N–H and O–H groups in total. The highest BCUT2D eigenvalue weighted by molar-refractivity contribution is 9.11. The first-order chi connectivity index (χ1) is 7.09. The van der Waals surface area contributed by atoms with Crippen LogP contribution in [0.1, 0.15) is 27.0 Å². The van der Waals surface area contributed by atoms with E-state index in [1.807, 2.05) is 31.4 Å². The molecule has 2 aromatic rings. The van der Waals surface area contributed by atoms with Crippen LogP contribution in [-0.4, -0.2) is 5.11 Å². The predicted octanol–water partition coefficient (Wildman–Crippen LogP) is 4.27. The first-order valence-electron chi connectivity index (χ1n) is 4.57. The topological polar surface area (TPSA) is 20.2 Å². The molecule has 1 unspecified atom stereocenters. The lowest BCUT2D eigenvalue weighted by Gasteiger charge is -2.09. The molecule has 0 saturated carbocycles. The third-order valence-electron chi connectivity index (χ3n) is 2.37. The van der Waals surface area contributed by atoms with Crippen molar-refractivity contribution in [2.24, 2.45) is 0 Å². The molecular formula is C11H11BrOS2. The van der Waals surface area contributed by atoms with Crippen molar-refractivity contribution in [3.05, 3.63) is 42.2 Å². The van der Waals surface area contributed by atoms with Crippen LogP contribution in [0.4, 0.5) is 0 Å². The lowest BCUT2D eigenvalue weighted by Crippen LogP contribution is -1.98. The average molecular weight is 303 g/mol. The van der Waals surface area contributed by atoms with E-state index >= 15 is 0 Å². The first-order valence-corrected chi connectivity index (χ1v) is 7.06. The van der Waals surface area contributed by atoms with E-state index in [0.717, 1.165) is 19.8 Å². The summed E-state index contributed by atoms with van der Waals surface area (Å²) >= 11 is 6.72. The highest BCUT2D eigenvalue weighted by atomic mass is 79.9. The Kier molecular flexibility index (Phi) is 3.30. The maximum absolute atomic E-state index is 10.3. The minimum Gasteiger partial charge on any atom is -0.383 e. The maximum Gasteiger partial charge on any atom is 0.115 e. The molecule has 4 heteroatoms. The number of halogens is 1. The van der Waals surface area contributed by atoms with E-state index in [1.165, 1.54) is 4.88 Å². The summed E-state index contributed by atoms with van der Waals surface area (Å²) in [6.45, 7) is 4.07. The van der Waals surface area contributed by atoms with Gasteiger partial charge in [-0.1, -0.05) is 0 Å². The molecule has 0 radical (unpaired) electrons. The number of hydrogen-bond donors (Lipinski definition) is 1. The van der Waals surface area contributed by atoms with Crippen molar-refractivity contribution in [1.29, 1.82) is 0 Å². The van der Waals surface area contributed by atoms with Gasteiger partial charge in [-0.15, -0.1) is 22.7 Å². The molecule has 2 heterocycles. The zero-order chi connectivity index (χ0) is 11.0. The van der Waals surface area contributed by atoms with Crippen LogP contribution in [0.3, 0.4) is 0 Å². The standard InChI is InChI=1S/C11H11BrOS2/c1-6-3-4-14-11(6)10(13)8-5-9(12)15-7(8)2/h3-5,10,13H,1-2H3. The van der Waals surface area contributed by atoms with Gasteiger partial charge < -0.3 is 5.11 Å². The summed E-state index contributed by atoms with van der Waals surface area (Å²) in [5.41, 5.74) is 2.17. The Labute approximate surface area is 106 Å². The molecule has 0 amide bonds. The molecule has 0 aliphatic rings. The minimum atomic E-state index is -0.479. The van der Waals surface area contributed by atoms with Gasteiger partial charge >= 0.3 is 0 Å². The van der Waals surface area contributed by atoms with Crippen molar-refractivity contribution in [2.75, 3.05) is 0 Å². The Balaban J connectivity index is 2.40. The van der Waals surface area contributed by atoms with Crippen LogP contribution in [0.5, 0.6) is 0 Å². The Morgan fingerprint density at radius 3 is 2.60 bits per heavy atom. The highest BCUT2D eigenvalue weighted by Crippen LogP contribution is 2.36. The Morgan fingerprint density at radius 2 is 2.13 bits per heavy atom. The fraction of sp³-hybridized carbons (Fsp3) is 0.273. The number of rotatable bonds is 2. The van der Waals surface area contributed by atoms with Gasteiger partial charge in [0, 0.05) is 15.3 Å². The summed E-state index contributed by atoms with van der Waals surface area (Å²) in [5, 5.41) is 12.3. The summed E-state index contributed by atoms with van der Waals surface area (Å²) in [4.78, 5) is 2.21. The second-order valence-electron chi connectivity index (χ2n) is 3.43. The van der Waals surface area contributed by atoms with Gasteiger partial charge in [-0.25, -0.2) is 0 Å². The van der Waals surface area contributed by atoms with Gasteiger partial charge in [0.15, 0.2) is 0 Å². The van der Waals surface area contributed by atoms with Gasteiger partial charge in [-0.3, -0.25) is 0 Å². The molecule has 0 aliphatic heterocycles. The zero-order valence-electron chi connectivity index (χ0n) is 8.45. The molecule has 2 aromatic heterocycles. The minimum absolute atomic E-state index is 0.479. The van der Waals surface area contributed by atoms with Crippen molar-refractivity contribution in [1.82, 2.24) is 0 Å². The third-order valence-corrected chi connectivity index (χ3v) is 5.01. The number of thiophene rings is 2. The summed E-state index contributed by atoms with van der Waals surface area (Å²) in [6.07, 6.45) is -0.479. The van der Waals surface area contributed by atoms with Crippen molar-refractivity contribution < 1.29 is 5.11 Å². The zero-order valence-corrected chi connectivity index (χ0v) is 11.7. The second kappa shape index (κ2) is 4.37. The van der Waals surface area contributed by atoms with E-state index in [9.17, 15) is 5.11 Å². The van der Waals surface area contributed by atoms with Crippen LogP contribution in [0.25, 0.3) is 0 Å². The average Bonchev–Trinajstić information content (AvgIpc) is 2.71. The number of hydrogen-bond acceptors (Lipinski definition) is 3. The van der Waals surface area contributed by atoms with Gasteiger partial charge in [0.2, 0.25) is 0 Å². The fourth-order valence-electron chi connectivity index (χ4n) is 1.54. The van der Waals surface area contributed by atoms with E-state index in [4.69, 9.17) is 0 Å². The van der Waals surface area contributed by atoms with Crippen molar-refractivity contribution in [3.63, 3.8) is 0 Å². The molecule has 0 spiro atoms. The number of aliphatic hydroxyl groups excluding tert-OH is 1. The van der Waals surface area contributed by atoms with Crippen LogP contribution < -0.4 is 0 Å². The molecule has 1 atom stereocenters. The van der Waals surface area contributed by atoms with E-state index in [-0.39, 0.29) is 0 Å². The van der Waals surface area contributed by atoms with Crippen LogP contribution in [0.2, 0.25) is 0 Å². The van der Waals surface area contributed by atoms with Gasteiger partial charge in [-0.05, 0) is 52.9 Å². The van der Waals surface area contributed by atoms with E-state index in [2.05, 4.69) is 15.9 Å². The molecule has 0 saturated heterocycles. The van der Waals surface area contributed by atoms with Crippen LogP contribution in [-0.2, 0) is 0 Å². The summed E-state index contributed by atoms with van der Waals surface area (Å²) in [5.74, 6) is 0. The lowest BCUT2D eigenvalue weighted by atomic mass is 10.1. The van der Waals surface area contributed by atoms with Gasteiger partial charge in [-0.2, -0.15) is 0 Å². The third kappa shape index (κ3) is 2.18. The maximum atomic E-state index is 10.3. The fourth-order valence-corrected chi connectivity index (χ4v) is 4.21. The van der Waals surface area contributed by atoms with Gasteiger partial charge in [0.1, 0.15) is 6.10 Å². The van der Waals surface area contributed by atoms with Crippen LogP contribution in [0.15, 0.2) is 21.3 Å². The van der Waals surface area contributed by atoms with Gasteiger partial charge in [0.25, 0.3) is 0 Å². The monoisotopic (exact) mass is 302 g/mol. The molecule has 0 bridgehead atoms. The smallest absolute Gasteiger partial charge is 0.115 e. The normalized spacial score (nSPS) is 13.1. The Hall–Kier alpha value is -0.160. The lowest BCUT2D eigenvalue weighted by molar-refractivity contribution is 0.223. The summed E-state index contributed by atoms with van der Waals surface area (Å²) in [6, 6.07) is 4.05. The Morgan fingerprint density at radius 1 is 1.40 bits per heavy atom. The van der Waals surface area contributed by atoms with Crippen LogP contribution >= 0.6 is 38.6 Å².